The molecule has 0 amide bonds. The number of nitrogens with one attached hydrogen (secondary N) is 1. The molecule has 2 aromatic heterocycles. The molecule has 0 aliphatic rings. The van der Waals surface area contributed by atoms with Crippen LogP contribution in [0.25, 0.3) is 0 Å². The molecule has 90 valence electrons. The third-order valence-electron chi connectivity index (χ3n) is 2.18. The molecule has 1 unspecified atom stereocenters. The van der Waals surface area contributed by atoms with E-state index in [1.54, 1.807) is 6.07 Å². The second-order valence-electron chi connectivity index (χ2n) is 3.49. The molecule has 1 N–H and O–H groups in total. The van der Waals surface area contributed by atoms with Crippen LogP contribution in [-0.4, -0.2) is 4.98 Å². The number of anilines is 1. The number of halogens is 3. The van der Waals surface area contributed by atoms with Gasteiger partial charge in [-0.2, -0.15) is 0 Å². The summed E-state index contributed by atoms with van der Waals surface area (Å²) in [6.07, 6.45) is 0.972. The Morgan fingerprint density at radius 3 is 2.76 bits per heavy atom. The number of pyridine rings is 1. The van der Waals surface area contributed by atoms with Crippen LogP contribution in [0.2, 0.25) is 4.34 Å². The van der Waals surface area contributed by atoms with Crippen LogP contribution in [-0.2, 0) is 0 Å². The van der Waals surface area contributed by atoms with Gasteiger partial charge in [0.15, 0.2) is 11.6 Å². The summed E-state index contributed by atoms with van der Waals surface area (Å²) >= 11 is 7.21. The van der Waals surface area contributed by atoms with E-state index in [0.717, 1.165) is 17.1 Å². The Kier molecular flexibility index (Phi) is 3.59. The van der Waals surface area contributed by atoms with Gasteiger partial charge >= 0.3 is 0 Å². The quantitative estimate of drug-likeness (QED) is 0.905. The van der Waals surface area contributed by atoms with Crippen LogP contribution in [0.15, 0.2) is 24.4 Å². The number of aromatic nitrogens is 1. The summed E-state index contributed by atoms with van der Waals surface area (Å²) in [4.78, 5) is 4.62. The molecule has 2 rings (SSSR count). The van der Waals surface area contributed by atoms with Crippen molar-refractivity contribution in [2.45, 2.75) is 13.0 Å². The second kappa shape index (κ2) is 4.98. The van der Waals surface area contributed by atoms with Crippen LogP contribution in [0.1, 0.15) is 17.8 Å². The molecule has 0 aliphatic heterocycles. The predicted octanol–water partition coefficient (Wildman–Crippen LogP) is 4.25. The topological polar surface area (TPSA) is 24.9 Å². The lowest BCUT2D eigenvalue weighted by atomic mass is 10.2. The van der Waals surface area contributed by atoms with E-state index in [0.29, 0.717) is 4.34 Å². The van der Waals surface area contributed by atoms with Crippen LogP contribution < -0.4 is 5.32 Å². The molecule has 0 saturated heterocycles. The maximum absolute atomic E-state index is 13.3. The standard InChI is InChI=1S/C11H9ClF2N2S/c1-6(9-2-3-10(12)17-9)16-11-8(14)4-7(13)5-15-11/h2-6H,1H3,(H,15,16). The Balaban J connectivity index is 2.15. The minimum Gasteiger partial charge on any atom is -0.360 e. The summed E-state index contributed by atoms with van der Waals surface area (Å²) in [5.74, 6) is -1.37. The minimum atomic E-state index is -0.709. The first-order valence-electron chi connectivity index (χ1n) is 4.89. The molecule has 2 nitrogen and oxygen atoms in total. The van der Waals surface area contributed by atoms with Crippen molar-refractivity contribution in [2.24, 2.45) is 0 Å². The van der Waals surface area contributed by atoms with Gasteiger partial charge in [-0.05, 0) is 19.1 Å². The van der Waals surface area contributed by atoms with Crippen molar-refractivity contribution < 1.29 is 8.78 Å². The zero-order valence-electron chi connectivity index (χ0n) is 8.88. The van der Waals surface area contributed by atoms with E-state index in [4.69, 9.17) is 11.6 Å². The van der Waals surface area contributed by atoms with Crippen molar-refractivity contribution in [3.05, 3.63) is 45.2 Å². The fourth-order valence-electron chi connectivity index (χ4n) is 1.36. The molecule has 0 aromatic carbocycles. The van der Waals surface area contributed by atoms with Crippen LogP contribution in [0.3, 0.4) is 0 Å². The predicted molar refractivity (Wildman–Crippen MR) is 65.5 cm³/mol. The molecule has 2 heterocycles. The van der Waals surface area contributed by atoms with Crippen molar-refractivity contribution in [1.82, 2.24) is 4.98 Å². The lowest BCUT2D eigenvalue weighted by Gasteiger charge is -2.13. The summed E-state index contributed by atoms with van der Waals surface area (Å²) in [6, 6.07) is 4.28. The summed E-state index contributed by atoms with van der Waals surface area (Å²) in [5, 5.41) is 2.87. The van der Waals surface area contributed by atoms with Crippen molar-refractivity contribution in [3.8, 4) is 0 Å². The van der Waals surface area contributed by atoms with Gasteiger partial charge in [-0.15, -0.1) is 11.3 Å². The molecule has 17 heavy (non-hydrogen) atoms. The zero-order chi connectivity index (χ0) is 12.4. The Hall–Kier alpha value is -1.20. The largest absolute Gasteiger partial charge is 0.360 e. The van der Waals surface area contributed by atoms with Gasteiger partial charge in [0.2, 0.25) is 0 Å². The fourth-order valence-corrected chi connectivity index (χ4v) is 2.42. The highest BCUT2D eigenvalue weighted by molar-refractivity contribution is 7.16. The van der Waals surface area contributed by atoms with Gasteiger partial charge in [-0.1, -0.05) is 11.6 Å². The number of hydrogen-bond acceptors (Lipinski definition) is 3. The maximum Gasteiger partial charge on any atom is 0.168 e. The fraction of sp³-hybridized carbons (Fsp3) is 0.182. The van der Waals surface area contributed by atoms with Crippen LogP contribution >= 0.6 is 22.9 Å². The third kappa shape index (κ3) is 2.92. The number of rotatable bonds is 3. The van der Waals surface area contributed by atoms with E-state index in [1.807, 2.05) is 13.0 Å². The monoisotopic (exact) mass is 274 g/mol. The van der Waals surface area contributed by atoms with Gasteiger partial charge in [0, 0.05) is 10.9 Å². The molecule has 0 bridgehead atoms. The molecule has 2 aromatic rings. The minimum absolute atomic E-state index is 0.0309. The van der Waals surface area contributed by atoms with Crippen molar-refractivity contribution >= 4 is 28.8 Å². The van der Waals surface area contributed by atoms with Gasteiger partial charge in [-0.3, -0.25) is 0 Å². The van der Waals surface area contributed by atoms with Gasteiger partial charge < -0.3 is 5.32 Å². The van der Waals surface area contributed by atoms with Gasteiger partial charge in [0.1, 0.15) is 5.82 Å². The van der Waals surface area contributed by atoms with Crippen molar-refractivity contribution in [1.29, 1.82) is 0 Å². The van der Waals surface area contributed by atoms with E-state index >= 15 is 0 Å². The Morgan fingerprint density at radius 2 is 2.18 bits per heavy atom. The summed E-state index contributed by atoms with van der Waals surface area (Å²) in [6.45, 7) is 1.85. The first kappa shape index (κ1) is 12.3. The van der Waals surface area contributed by atoms with Crippen LogP contribution in [0.5, 0.6) is 0 Å². The normalized spacial score (nSPS) is 12.5. The molecule has 0 spiro atoms. The first-order chi connectivity index (χ1) is 8.06. The lowest BCUT2D eigenvalue weighted by molar-refractivity contribution is 0.574. The van der Waals surface area contributed by atoms with E-state index in [9.17, 15) is 8.78 Å². The van der Waals surface area contributed by atoms with Crippen molar-refractivity contribution in [3.63, 3.8) is 0 Å². The van der Waals surface area contributed by atoms with Crippen molar-refractivity contribution in [2.75, 3.05) is 5.32 Å². The molecule has 0 saturated carbocycles. The molecule has 0 fully saturated rings. The van der Waals surface area contributed by atoms with Crippen LogP contribution in [0, 0.1) is 11.6 Å². The SMILES string of the molecule is CC(Nc1ncc(F)cc1F)c1ccc(Cl)s1. The summed E-state index contributed by atoms with van der Waals surface area (Å²) in [7, 11) is 0. The highest BCUT2D eigenvalue weighted by Gasteiger charge is 2.12. The van der Waals surface area contributed by atoms with E-state index < -0.39 is 11.6 Å². The first-order valence-corrected chi connectivity index (χ1v) is 6.08. The Bertz CT molecular complexity index is 530. The molecule has 1 atom stereocenters. The number of nitrogens with zero attached hydrogens (tertiary/aromatic N) is 1. The maximum atomic E-state index is 13.3. The summed E-state index contributed by atoms with van der Waals surface area (Å²) < 4.78 is 26.7. The van der Waals surface area contributed by atoms with Gasteiger partial charge in [0.05, 0.1) is 16.6 Å². The molecule has 0 aliphatic carbocycles. The zero-order valence-corrected chi connectivity index (χ0v) is 10.4. The average molecular weight is 275 g/mol. The van der Waals surface area contributed by atoms with E-state index in [-0.39, 0.29) is 11.9 Å². The lowest BCUT2D eigenvalue weighted by Crippen LogP contribution is -2.08. The molecular formula is C11H9ClF2N2S. The smallest absolute Gasteiger partial charge is 0.168 e. The second-order valence-corrected chi connectivity index (χ2v) is 5.24. The third-order valence-corrected chi connectivity index (χ3v) is 3.60. The van der Waals surface area contributed by atoms with Crippen LogP contribution in [0.4, 0.5) is 14.6 Å². The highest BCUT2D eigenvalue weighted by atomic mass is 35.5. The average Bonchev–Trinajstić information content (AvgIpc) is 2.69. The van der Waals surface area contributed by atoms with Gasteiger partial charge in [0.25, 0.3) is 0 Å². The molecular weight excluding hydrogens is 266 g/mol. The van der Waals surface area contributed by atoms with E-state index in [1.165, 1.54) is 11.3 Å². The highest BCUT2D eigenvalue weighted by Crippen LogP contribution is 2.29. The summed E-state index contributed by atoms with van der Waals surface area (Å²) in [5.41, 5.74) is 0. The van der Waals surface area contributed by atoms with Gasteiger partial charge in [-0.25, -0.2) is 13.8 Å². The molecule has 6 heteroatoms. The molecule has 0 radical (unpaired) electrons. The van der Waals surface area contributed by atoms with E-state index in [2.05, 4.69) is 10.3 Å². The Morgan fingerprint density at radius 1 is 1.41 bits per heavy atom. The number of thiophene rings is 1. The Labute approximate surface area is 106 Å². The number of hydrogen-bond donors (Lipinski definition) is 1.